The van der Waals surface area contributed by atoms with Crippen LogP contribution in [0.5, 0.6) is 11.5 Å². The zero-order valence-electron chi connectivity index (χ0n) is 17.9. The number of hydrogen-bond acceptors (Lipinski definition) is 6. The van der Waals surface area contributed by atoms with Crippen molar-refractivity contribution in [2.75, 3.05) is 18.2 Å². The van der Waals surface area contributed by atoms with Crippen molar-refractivity contribution < 1.29 is 19.2 Å². The van der Waals surface area contributed by atoms with E-state index in [1.807, 2.05) is 35.2 Å². The average Bonchev–Trinajstić information content (AvgIpc) is 3.27. The van der Waals surface area contributed by atoms with Crippen LogP contribution in [0.25, 0.3) is 0 Å². The summed E-state index contributed by atoms with van der Waals surface area (Å²) in [7, 11) is 0. The van der Waals surface area contributed by atoms with Gasteiger partial charge in [-0.1, -0.05) is 43.5 Å². The highest BCUT2D eigenvalue weighted by molar-refractivity contribution is 5.88. The molecular weight excluding hydrogens is 410 g/mol. The number of fused-ring (bicyclic) bond motifs is 1. The van der Waals surface area contributed by atoms with E-state index in [1.54, 1.807) is 12.1 Å². The van der Waals surface area contributed by atoms with Crippen molar-refractivity contribution in [1.82, 2.24) is 5.32 Å². The second kappa shape index (κ2) is 9.72. The Kier molecular flexibility index (Phi) is 6.58. The van der Waals surface area contributed by atoms with Crippen LogP contribution in [0.1, 0.15) is 43.7 Å². The highest BCUT2D eigenvalue weighted by Crippen LogP contribution is 2.42. The largest absolute Gasteiger partial charge is 0.454 e. The standard InChI is InChI=1S/C24H27N3O5/c1-2-13-26(18-11-7-4-8-12-18)23(24(28)25-17-9-5-3-6-10-17)19-14-21-22(32-16-31-21)15-20(19)27(29)30/h2,4,7-8,11-12,14-15,17,23H,1,3,5-6,9-10,13,16H2,(H,25,28)/t23-/m1/s1. The van der Waals surface area contributed by atoms with Gasteiger partial charge in [-0.3, -0.25) is 14.9 Å². The highest BCUT2D eigenvalue weighted by Gasteiger charge is 2.36. The van der Waals surface area contributed by atoms with Gasteiger partial charge in [0.25, 0.3) is 5.69 Å². The van der Waals surface area contributed by atoms with Crippen molar-refractivity contribution in [2.45, 2.75) is 44.2 Å². The number of anilines is 1. The third kappa shape index (κ3) is 4.54. The van der Waals surface area contributed by atoms with E-state index in [9.17, 15) is 14.9 Å². The molecule has 1 amide bonds. The molecule has 0 bridgehead atoms. The number of nitro groups is 1. The van der Waals surface area contributed by atoms with Gasteiger partial charge in [0.05, 0.1) is 16.6 Å². The normalized spacial score (nSPS) is 16.2. The Bertz CT molecular complexity index is 989. The minimum absolute atomic E-state index is 0.00998. The Morgan fingerprint density at radius 2 is 1.88 bits per heavy atom. The predicted molar refractivity (Wildman–Crippen MR) is 121 cm³/mol. The van der Waals surface area contributed by atoms with Crippen molar-refractivity contribution in [2.24, 2.45) is 0 Å². The first-order chi connectivity index (χ1) is 15.6. The molecule has 8 heteroatoms. The van der Waals surface area contributed by atoms with Gasteiger partial charge in [-0.15, -0.1) is 6.58 Å². The molecule has 0 saturated heterocycles. The summed E-state index contributed by atoms with van der Waals surface area (Å²) in [4.78, 5) is 27.0. The Morgan fingerprint density at radius 1 is 1.19 bits per heavy atom. The van der Waals surface area contributed by atoms with Crippen LogP contribution in [-0.4, -0.2) is 30.2 Å². The van der Waals surface area contributed by atoms with E-state index in [4.69, 9.17) is 9.47 Å². The molecule has 1 aliphatic heterocycles. The van der Waals surface area contributed by atoms with Crippen molar-refractivity contribution >= 4 is 17.3 Å². The van der Waals surface area contributed by atoms with E-state index in [0.29, 0.717) is 18.0 Å². The maximum atomic E-state index is 13.7. The first-order valence-corrected chi connectivity index (χ1v) is 10.9. The smallest absolute Gasteiger partial charge is 0.279 e. The van der Waals surface area contributed by atoms with E-state index in [-0.39, 0.29) is 30.0 Å². The van der Waals surface area contributed by atoms with Gasteiger partial charge in [0.15, 0.2) is 11.5 Å². The highest BCUT2D eigenvalue weighted by atomic mass is 16.7. The number of rotatable bonds is 8. The summed E-state index contributed by atoms with van der Waals surface area (Å²) in [5, 5.41) is 15.1. The first-order valence-electron chi connectivity index (χ1n) is 10.9. The van der Waals surface area contributed by atoms with E-state index >= 15 is 0 Å². The number of carbonyl (C=O) groups excluding carboxylic acids is 1. The van der Waals surface area contributed by atoms with Gasteiger partial charge in [-0.05, 0) is 31.0 Å². The third-order valence-electron chi connectivity index (χ3n) is 5.94. The summed E-state index contributed by atoms with van der Waals surface area (Å²) < 4.78 is 10.8. The molecule has 0 spiro atoms. The number of para-hydroxylation sites is 1. The Morgan fingerprint density at radius 3 is 2.53 bits per heavy atom. The van der Waals surface area contributed by atoms with Crippen molar-refractivity contribution in [3.8, 4) is 11.5 Å². The molecular formula is C24H27N3O5. The molecule has 32 heavy (non-hydrogen) atoms. The zero-order chi connectivity index (χ0) is 22.5. The average molecular weight is 437 g/mol. The number of amides is 1. The lowest BCUT2D eigenvalue weighted by Gasteiger charge is -2.34. The second-order valence-corrected chi connectivity index (χ2v) is 8.04. The van der Waals surface area contributed by atoms with E-state index in [2.05, 4.69) is 11.9 Å². The van der Waals surface area contributed by atoms with Crippen LogP contribution < -0.4 is 19.7 Å². The monoisotopic (exact) mass is 437 g/mol. The van der Waals surface area contributed by atoms with E-state index in [1.165, 1.54) is 6.07 Å². The molecule has 4 rings (SSSR count). The van der Waals surface area contributed by atoms with Crippen molar-refractivity contribution in [3.63, 3.8) is 0 Å². The van der Waals surface area contributed by atoms with Crippen LogP contribution in [0, 0.1) is 10.1 Å². The van der Waals surface area contributed by atoms with Gasteiger partial charge in [-0.2, -0.15) is 0 Å². The minimum atomic E-state index is -0.938. The quantitative estimate of drug-likeness (QED) is 0.371. The summed E-state index contributed by atoms with van der Waals surface area (Å²) in [6, 6.07) is 11.4. The number of nitro benzene ring substituents is 1. The van der Waals surface area contributed by atoms with E-state index in [0.717, 1.165) is 37.8 Å². The molecule has 0 radical (unpaired) electrons. The molecule has 1 saturated carbocycles. The zero-order valence-corrected chi connectivity index (χ0v) is 17.9. The van der Waals surface area contributed by atoms with Crippen molar-refractivity contribution in [3.05, 3.63) is 70.8 Å². The molecule has 1 atom stereocenters. The predicted octanol–water partition coefficient (Wildman–Crippen LogP) is 4.51. The summed E-state index contributed by atoms with van der Waals surface area (Å²) >= 11 is 0. The number of hydrogen-bond donors (Lipinski definition) is 1. The molecule has 168 valence electrons. The Balaban J connectivity index is 1.80. The van der Waals surface area contributed by atoms with Crippen molar-refractivity contribution in [1.29, 1.82) is 0 Å². The number of nitrogens with one attached hydrogen (secondary N) is 1. The summed E-state index contributed by atoms with van der Waals surface area (Å²) in [5.41, 5.74) is 0.851. The molecule has 1 fully saturated rings. The minimum Gasteiger partial charge on any atom is -0.454 e. The van der Waals surface area contributed by atoms with Crippen LogP contribution in [0.3, 0.4) is 0 Å². The molecule has 1 N–H and O–H groups in total. The molecule has 1 heterocycles. The van der Waals surface area contributed by atoms with Gasteiger partial charge in [0.1, 0.15) is 6.04 Å². The molecule has 2 aromatic carbocycles. The lowest BCUT2D eigenvalue weighted by molar-refractivity contribution is -0.385. The third-order valence-corrected chi connectivity index (χ3v) is 5.94. The first kappa shape index (κ1) is 21.7. The lowest BCUT2D eigenvalue weighted by Crippen LogP contribution is -2.45. The molecule has 0 unspecified atom stereocenters. The summed E-state index contributed by atoms with van der Waals surface area (Å²) in [5.74, 6) is 0.430. The number of benzene rings is 2. The number of ether oxygens (including phenoxy) is 2. The van der Waals surface area contributed by atoms with Crippen LogP contribution in [-0.2, 0) is 4.79 Å². The maximum Gasteiger partial charge on any atom is 0.279 e. The number of carbonyl (C=O) groups is 1. The van der Waals surface area contributed by atoms with Crippen LogP contribution in [0.2, 0.25) is 0 Å². The van der Waals surface area contributed by atoms with Crippen LogP contribution in [0.4, 0.5) is 11.4 Å². The molecule has 2 aliphatic rings. The van der Waals surface area contributed by atoms with Gasteiger partial charge >= 0.3 is 0 Å². The van der Waals surface area contributed by atoms with Gasteiger partial charge in [0.2, 0.25) is 12.7 Å². The summed E-state index contributed by atoms with van der Waals surface area (Å²) in [6.45, 7) is 4.16. The summed E-state index contributed by atoms with van der Waals surface area (Å²) in [6.07, 6.45) is 6.80. The maximum absolute atomic E-state index is 13.7. The number of nitrogens with zero attached hydrogens (tertiary/aromatic N) is 2. The second-order valence-electron chi connectivity index (χ2n) is 8.04. The van der Waals surface area contributed by atoms with Gasteiger partial charge < -0.3 is 19.7 Å². The topological polar surface area (TPSA) is 93.9 Å². The molecule has 8 nitrogen and oxygen atoms in total. The van der Waals surface area contributed by atoms with E-state index < -0.39 is 11.0 Å². The van der Waals surface area contributed by atoms with Gasteiger partial charge in [0, 0.05) is 18.3 Å². The lowest BCUT2D eigenvalue weighted by atomic mass is 9.94. The van der Waals surface area contributed by atoms with Crippen LogP contribution >= 0.6 is 0 Å². The Labute approximate surface area is 187 Å². The molecule has 0 aromatic heterocycles. The molecule has 1 aliphatic carbocycles. The molecule has 2 aromatic rings. The van der Waals surface area contributed by atoms with Crippen LogP contribution in [0.15, 0.2) is 55.1 Å². The Hall–Kier alpha value is -3.55. The fourth-order valence-corrected chi connectivity index (χ4v) is 4.42. The van der Waals surface area contributed by atoms with Gasteiger partial charge in [-0.25, -0.2) is 0 Å². The fraction of sp³-hybridized carbons (Fsp3) is 0.375. The SMILES string of the molecule is C=CCN(c1ccccc1)[C@@H](C(=O)NC1CCCCC1)c1cc2c(cc1[N+](=O)[O-])OCO2. The fourth-order valence-electron chi connectivity index (χ4n) is 4.42.